The van der Waals surface area contributed by atoms with Gasteiger partial charge in [0.1, 0.15) is 0 Å². The highest BCUT2D eigenvalue weighted by Crippen LogP contribution is 2.23. The van der Waals surface area contributed by atoms with Gasteiger partial charge in [-0.2, -0.15) is 0 Å². The van der Waals surface area contributed by atoms with Gasteiger partial charge in [0.25, 0.3) is 11.8 Å². The van der Waals surface area contributed by atoms with Crippen molar-refractivity contribution >= 4 is 34.8 Å². The summed E-state index contributed by atoms with van der Waals surface area (Å²) in [6.07, 6.45) is 2.88. The van der Waals surface area contributed by atoms with E-state index in [9.17, 15) is 14.4 Å². The summed E-state index contributed by atoms with van der Waals surface area (Å²) in [5.41, 5.74) is 2.49. The first-order chi connectivity index (χ1) is 14.1. The second-order valence-corrected chi connectivity index (χ2v) is 6.66. The van der Waals surface area contributed by atoms with Crippen molar-refractivity contribution in [3.8, 4) is 0 Å². The number of carbonyl (C=O) groups excluding carboxylic acids is 3. The number of carbonyl (C=O) groups is 3. The fourth-order valence-electron chi connectivity index (χ4n) is 3.15. The topological polar surface area (TPSA) is 91.7 Å². The van der Waals surface area contributed by atoms with Gasteiger partial charge in [0.05, 0.1) is 6.26 Å². The number of hydrogen-bond acceptors (Lipinski definition) is 4. The molecule has 7 nitrogen and oxygen atoms in total. The lowest BCUT2D eigenvalue weighted by Gasteiger charge is -2.16. The molecular formula is C22H19N3O4. The Kier molecular flexibility index (Phi) is 5.11. The van der Waals surface area contributed by atoms with Crippen LogP contribution in [0.25, 0.3) is 0 Å². The van der Waals surface area contributed by atoms with Crippen LogP contribution >= 0.6 is 0 Å². The van der Waals surface area contributed by atoms with Gasteiger partial charge in [-0.1, -0.05) is 0 Å². The summed E-state index contributed by atoms with van der Waals surface area (Å²) in [6.45, 7) is 0.730. The number of hydrogen-bond donors (Lipinski definition) is 2. The Morgan fingerprint density at radius 1 is 0.862 bits per heavy atom. The first-order valence-electron chi connectivity index (χ1n) is 9.27. The van der Waals surface area contributed by atoms with Crippen LogP contribution in [0.5, 0.6) is 0 Å². The van der Waals surface area contributed by atoms with E-state index in [1.807, 2.05) is 12.1 Å². The molecule has 2 N–H and O–H groups in total. The third-order valence-electron chi connectivity index (χ3n) is 4.66. The number of nitrogens with one attached hydrogen (secondary N) is 2. The third-order valence-corrected chi connectivity index (χ3v) is 4.66. The molecule has 0 spiro atoms. The summed E-state index contributed by atoms with van der Waals surface area (Å²) >= 11 is 0. The van der Waals surface area contributed by atoms with Crippen LogP contribution in [-0.2, 0) is 4.79 Å². The summed E-state index contributed by atoms with van der Waals surface area (Å²) in [7, 11) is 0. The minimum atomic E-state index is -0.358. The SMILES string of the molecule is O=C(Nc1ccc(N2CCCC2=O)cc1)c1ccc(NC(=O)c2ccco2)cc1. The minimum Gasteiger partial charge on any atom is -0.459 e. The van der Waals surface area contributed by atoms with Crippen LogP contribution in [0.3, 0.4) is 0 Å². The van der Waals surface area contributed by atoms with Crippen LogP contribution in [0.15, 0.2) is 71.3 Å². The maximum atomic E-state index is 12.4. The number of nitrogens with zero attached hydrogens (tertiary/aromatic N) is 1. The van der Waals surface area contributed by atoms with Crippen molar-refractivity contribution in [1.82, 2.24) is 0 Å². The summed E-state index contributed by atoms with van der Waals surface area (Å²) in [5.74, 6) is -0.283. The number of benzene rings is 2. The number of furan rings is 1. The van der Waals surface area contributed by atoms with E-state index >= 15 is 0 Å². The first kappa shape index (κ1) is 18.5. The standard InChI is InChI=1S/C22H19N3O4/c26-20-4-1-13-25(20)18-11-9-17(10-12-18)23-21(27)15-5-7-16(8-6-15)24-22(28)19-3-2-14-29-19/h2-3,5-12,14H,1,4,13H2,(H,23,27)(H,24,28). The predicted molar refractivity (Wildman–Crippen MR) is 109 cm³/mol. The summed E-state index contributed by atoms with van der Waals surface area (Å²) in [6, 6.07) is 17.0. The summed E-state index contributed by atoms with van der Waals surface area (Å²) in [5, 5.41) is 5.53. The Morgan fingerprint density at radius 3 is 2.10 bits per heavy atom. The molecule has 1 fully saturated rings. The van der Waals surface area contributed by atoms with Crippen LogP contribution in [0.1, 0.15) is 33.8 Å². The van der Waals surface area contributed by atoms with E-state index in [0.717, 1.165) is 18.7 Å². The molecule has 4 rings (SSSR count). The van der Waals surface area contributed by atoms with Crippen LogP contribution in [-0.4, -0.2) is 24.3 Å². The molecule has 0 atom stereocenters. The second kappa shape index (κ2) is 8.02. The van der Waals surface area contributed by atoms with Crippen molar-refractivity contribution in [2.75, 3.05) is 22.1 Å². The Bertz CT molecular complexity index is 1020. The summed E-state index contributed by atoms with van der Waals surface area (Å²) in [4.78, 5) is 38.0. The molecule has 2 heterocycles. The average molecular weight is 389 g/mol. The number of amides is 3. The maximum Gasteiger partial charge on any atom is 0.291 e. The molecule has 2 aromatic carbocycles. The van der Waals surface area contributed by atoms with Gasteiger partial charge in [0.2, 0.25) is 5.91 Å². The van der Waals surface area contributed by atoms with Crippen molar-refractivity contribution in [2.45, 2.75) is 12.8 Å². The van der Waals surface area contributed by atoms with Gasteiger partial charge in [0, 0.05) is 35.6 Å². The van der Waals surface area contributed by atoms with Gasteiger partial charge in [-0.15, -0.1) is 0 Å². The van der Waals surface area contributed by atoms with Crippen molar-refractivity contribution < 1.29 is 18.8 Å². The average Bonchev–Trinajstić information content (AvgIpc) is 3.41. The fraction of sp³-hybridized carbons (Fsp3) is 0.136. The van der Waals surface area contributed by atoms with Crippen LogP contribution < -0.4 is 15.5 Å². The Hall–Kier alpha value is -3.87. The number of rotatable bonds is 5. The molecule has 146 valence electrons. The second-order valence-electron chi connectivity index (χ2n) is 6.66. The van der Waals surface area contributed by atoms with Crippen LogP contribution in [0, 0.1) is 0 Å². The zero-order chi connectivity index (χ0) is 20.2. The van der Waals surface area contributed by atoms with Gasteiger partial charge in [0.15, 0.2) is 5.76 Å². The minimum absolute atomic E-state index is 0.126. The molecule has 3 aromatic rings. The zero-order valence-corrected chi connectivity index (χ0v) is 15.6. The van der Waals surface area contributed by atoms with E-state index in [1.165, 1.54) is 6.26 Å². The van der Waals surface area contributed by atoms with Crippen molar-refractivity contribution in [1.29, 1.82) is 0 Å². The quantitative estimate of drug-likeness (QED) is 0.692. The van der Waals surface area contributed by atoms with Gasteiger partial charge < -0.3 is 20.0 Å². The van der Waals surface area contributed by atoms with E-state index in [0.29, 0.717) is 23.4 Å². The third kappa shape index (κ3) is 4.19. The van der Waals surface area contributed by atoms with E-state index in [2.05, 4.69) is 10.6 Å². The maximum absolute atomic E-state index is 12.4. The van der Waals surface area contributed by atoms with Gasteiger partial charge in [-0.3, -0.25) is 14.4 Å². The molecular weight excluding hydrogens is 370 g/mol. The van der Waals surface area contributed by atoms with Crippen molar-refractivity contribution in [3.63, 3.8) is 0 Å². The molecule has 1 saturated heterocycles. The number of anilines is 3. The largest absolute Gasteiger partial charge is 0.459 e. The van der Waals surface area contributed by atoms with Gasteiger partial charge in [-0.25, -0.2) is 0 Å². The Labute approximate surface area is 167 Å². The molecule has 0 aliphatic carbocycles. The summed E-state index contributed by atoms with van der Waals surface area (Å²) < 4.78 is 5.04. The molecule has 3 amide bonds. The highest BCUT2D eigenvalue weighted by atomic mass is 16.3. The molecule has 1 aliphatic rings. The van der Waals surface area contributed by atoms with Gasteiger partial charge in [-0.05, 0) is 67.1 Å². The Balaban J connectivity index is 1.37. The molecule has 0 radical (unpaired) electrons. The monoisotopic (exact) mass is 389 g/mol. The molecule has 0 saturated carbocycles. The van der Waals surface area contributed by atoms with E-state index in [-0.39, 0.29) is 23.5 Å². The first-order valence-corrected chi connectivity index (χ1v) is 9.27. The molecule has 0 bridgehead atoms. The molecule has 0 unspecified atom stereocenters. The lowest BCUT2D eigenvalue weighted by atomic mass is 10.2. The molecule has 29 heavy (non-hydrogen) atoms. The van der Waals surface area contributed by atoms with Crippen LogP contribution in [0.4, 0.5) is 17.1 Å². The smallest absolute Gasteiger partial charge is 0.291 e. The molecule has 1 aromatic heterocycles. The van der Waals surface area contributed by atoms with Crippen molar-refractivity contribution in [3.05, 3.63) is 78.3 Å². The fourth-order valence-corrected chi connectivity index (χ4v) is 3.15. The van der Waals surface area contributed by atoms with E-state index in [4.69, 9.17) is 4.42 Å². The van der Waals surface area contributed by atoms with E-state index < -0.39 is 0 Å². The lowest BCUT2D eigenvalue weighted by Crippen LogP contribution is -2.23. The highest BCUT2D eigenvalue weighted by Gasteiger charge is 2.21. The molecule has 1 aliphatic heterocycles. The zero-order valence-electron chi connectivity index (χ0n) is 15.6. The highest BCUT2D eigenvalue weighted by molar-refractivity contribution is 6.05. The Morgan fingerprint density at radius 2 is 1.52 bits per heavy atom. The predicted octanol–water partition coefficient (Wildman–Crippen LogP) is 3.91. The van der Waals surface area contributed by atoms with Gasteiger partial charge >= 0.3 is 0 Å². The van der Waals surface area contributed by atoms with Crippen molar-refractivity contribution in [2.24, 2.45) is 0 Å². The van der Waals surface area contributed by atoms with Crippen LogP contribution in [0.2, 0.25) is 0 Å². The molecule has 7 heteroatoms. The lowest BCUT2D eigenvalue weighted by molar-refractivity contribution is -0.117. The normalized spacial score (nSPS) is 13.4. The van der Waals surface area contributed by atoms with E-state index in [1.54, 1.807) is 53.4 Å².